The number of aliphatic carboxylic acids is 1. The van der Waals surface area contributed by atoms with E-state index in [4.69, 9.17) is 14.6 Å². The van der Waals surface area contributed by atoms with Gasteiger partial charge in [-0.3, -0.25) is 19.3 Å². The minimum Gasteiger partial charge on any atom is -0.493 e. The summed E-state index contributed by atoms with van der Waals surface area (Å²) in [4.78, 5) is 47.2. The zero-order valence-electron chi connectivity index (χ0n) is 14.2. The summed E-state index contributed by atoms with van der Waals surface area (Å²) in [6.07, 6.45) is 1.48. The van der Waals surface area contributed by atoms with Crippen molar-refractivity contribution in [2.75, 3.05) is 27.4 Å². The third kappa shape index (κ3) is 5.13. The number of rotatable bonds is 7. The van der Waals surface area contributed by atoms with Crippen molar-refractivity contribution in [3.05, 3.63) is 26.2 Å². The molecule has 1 heterocycles. The number of amides is 2. The second-order valence-corrected chi connectivity index (χ2v) is 7.22. The second kappa shape index (κ2) is 9.08. The molecule has 1 aliphatic heterocycles. The van der Waals surface area contributed by atoms with Crippen LogP contribution in [0.25, 0.3) is 6.08 Å². The first-order valence-electron chi connectivity index (χ1n) is 7.31. The highest BCUT2D eigenvalue weighted by Crippen LogP contribution is 2.37. The van der Waals surface area contributed by atoms with Crippen LogP contribution in [-0.4, -0.2) is 60.5 Å². The highest BCUT2D eigenvalue weighted by Gasteiger charge is 2.36. The largest absolute Gasteiger partial charge is 0.493 e. The van der Waals surface area contributed by atoms with Crippen LogP contribution in [0.5, 0.6) is 11.5 Å². The molecule has 11 heteroatoms. The fourth-order valence-corrected chi connectivity index (χ4v) is 3.70. The van der Waals surface area contributed by atoms with Crippen LogP contribution in [0.4, 0.5) is 4.79 Å². The molecule has 0 radical (unpaired) electrons. The molecular weight excluding hydrogens is 493 g/mol. The highest BCUT2D eigenvalue weighted by atomic mass is 127. The molecule has 0 aromatic heterocycles. The van der Waals surface area contributed by atoms with Gasteiger partial charge >= 0.3 is 11.9 Å². The monoisotopic (exact) mass is 507 g/mol. The van der Waals surface area contributed by atoms with Gasteiger partial charge in [0, 0.05) is 0 Å². The fourth-order valence-electron chi connectivity index (χ4n) is 2.08. The van der Waals surface area contributed by atoms with Crippen LogP contribution < -0.4 is 9.47 Å². The Morgan fingerprint density at radius 3 is 2.59 bits per heavy atom. The lowest BCUT2D eigenvalue weighted by Gasteiger charge is -2.12. The molecule has 27 heavy (non-hydrogen) atoms. The maximum absolute atomic E-state index is 12.3. The SMILES string of the molecule is COC(=O)CN1C(=O)S/C(=C\c2cc(I)c(OCC(=O)O)c(OC)c2)C1=O. The van der Waals surface area contributed by atoms with E-state index in [1.54, 1.807) is 12.1 Å². The lowest BCUT2D eigenvalue weighted by atomic mass is 10.2. The van der Waals surface area contributed by atoms with Crippen LogP contribution in [0, 0.1) is 3.57 Å². The Balaban J connectivity index is 2.29. The minimum atomic E-state index is -1.13. The van der Waals surface area contributed by atoms with Gasteiger partial charge in [-0.2, -0.15) is 0 Å². The maximum Gasteiger partial charge on any atom is 0.341 e. The Bertz CT molecular complexity index is 838. The lowest BCUT2D eigenvalue weighted by Crippen LogP contribution is -2.34. The van der Waals surface area contributed by atoms with E-state index >= 15 is 0 Å². The number of halogens is 1. The summed E-state index contributed by atoms with van der Waals surface area (Å²) >= 11 is 2.65. The van der Waals surface area contributed by atoms with E-state index in [2.05, 4.69) is 4.74 Å². The lowest BCUT2D eigenvalue weighted by molar-refractivity contribution is -0.143. The second-order valence-electron chi connectivity index (χ2n) is 5.06. The maximum atomic E-state index is 12.3. The van der Waals surface area contributed by atoms with Crippen LogP contribution >= 0.6 is 34.4 Å². The Kier molecular flexibility index (Phi) is 7.07. The Morgan fingerprint density at radius 2 is 2.00 bits per heavy atom. The minimum absolute atomic E-state index is 0.140. The van der Waals surface area contributed by atoms with Crippen molar-refractivity contribution in [2.45, 2.75) is 0 Å². The molecule has 1 saturated heterocycles. The van der Waals surface area contributed by atoms with Crippen molar-refractivity contribution >= 4 is 63.5 Å². The number of esters is 1. The standard InChI is InChI=1S/C16H14INO8S/c1-24-10-4-8(3-9(17)14(10)26-7-12(19)20)5-11-15(22)18(16(23)27-11)6-13(21)25-2/h3-5H,6-7H2,1-2H3,(H,19,20)/b11-5-. The average molecular weight is 507 g/mol. The summed E-state index contributed by atoms with van der Waals surface area (Å²) in [6.45, 7) is -0.987. The van der Waals surface area contributed by atoms with E-state index in [1.165, 1.54) is 20.3 Å². The van der Waals surface area contributed by atoms with Gasteiger partial charge in [0.1, 0.15) is 6.54 Å². The molecule has 0 spiro atoms. The first-order chi connectivity index (χ1) is 12.8. The van der Waals surface area contributed by atoms with Crippen LogP contribution in [0.15, 0.2) is 17.0 Å². The molecule has 0 bridgehead atoms. The topological polar surface area (TPSA) is 119 Å². The van der Waals surface area contributed by atoms with E-state index in [-0.39, 0.29) is 16.4 Å². The molecule has 0 saturated carbocycles. The molecule has 0 unspecified atom stereocenters. The van der Waals surface area contributed by atoms with Gasteiger partial charge in [0.25, 0.3) is 11.1 Å². The zero-order chi connectivity index (χ0) is 20.1. The number of carboxylic acids is 1. The normalized spacial score (nSPS) is 15.2. The first-order valence-corrected chi connectivity index (χ1v) is 9.20. The molecular formula is C16H14INO8S. The Morgan fingerprint density at radius 1 is 1.30 bits per heavy atom. The average Bonchev–Trinajstić information content (AvgIpc) is 2.87. The smallest absolute Gasteiger partial charge is 0.341 e. The summed E-state index contributed by atoms with van der Waals surface area (Å²) in [5.74, 6) is -1.89. The van der Waals surface area contributed by atoms with Gasteiger partial charge in [-0.25, -0.2) is 4.79 Å². The van der Waals surface area contributed by atoms with Crippen molar-refractivity contribution in [1.82, 2.24) is 4.90 Å². The summed E-state index contributed by atoms with van der Waals surface area (Å²) in [5.41, 5.74) is 0.544. The molecule has 1 aromatic rings. The summed E-state index contributed by atoms with van der Waals surface area (Å²) < 4.78 is 15.5. The fraction of sp³-hybridized carbons (Fsp3) is 0.250. The number of carboxylic acid groups (broad SMARTS) is 1. The van der Waals surface area contributed by atoms with E-state index in [0.29, 0.717) is 20.9 Å². The summed E-state index contributed by atoms with van der Waals surface area (Å²) in [5, 5.41) is 8.18. The molecule has 144 valence electrons. The van der Waals surface area contributed by atoms with Gasteiger partial charge in [-0.15, -0.1) is 0 Å². The van der Waals surface area contributed by atoms with Crippen LogP contribution in [0.2, 0.25) is 0 Å². The van der Waals surface area contributed by atoms with Crippen molar-refractivity contribution in [2.24, 2.45) is 0 Å². The van der Waals surface area contributed by atoms with E-state index in [1.807, 2.05) is 22.6 Å². The quantitative estimate of drug-likeness (QED) is 0.336. The van der Waals surface area contributed by atoms with Crippen LogP contribution in [-0.2, 0) is 19.1 Å². The van der Waals surface area contributed by atoms with E-state index in [0.717, 1.165) is 4.90 Å². The molecule has 1 N–H and O–H groups in total. The molecule has 9 nitrogen and oxygen atoms in total. The molecule has 1 fully saturated rings. The van der Waals surface area contributed by atoms with Gasteiger partial charge in [0.2, 0.25) is 0 Å². The van der Waals surface area contributed by atoms with Crippen molar-refractivity contribution in [1.29, 1.82) is 0 Å². The van der Waals surface area contributed by atoms with Crippen LogP contribution in [0.3, 0.4) is 0 Å². The number of carbonyl (C=O) groups excluding carboxylic acids is 3. The molecule has 0 aliphatic carbocycles. The van der Waals surface area contributed by atoms with Gasteiger partial charge < -0.3 is 19.3 Å². The third-order valence-electron chi connectivity index (χ3n) is 3.28. The van der Waals surface area contributed by atoms with Crippen molar-refractivity contribution in [3.63, 3.8) is 0 Å². The zero-order valence-corrected chi connectivity index (χ0v) is 17.2. The van der Waals surface area contributed by atoms with Gasteiger partial charge in [-0.1, -0.05) is 0 Å². The number of imide groups is 1. The molecule has 2 amide bonds. The Labute approximate surface area is 171 Å². The number of carbonyl (C=O) groups is 4. The van der Waals surface area contributed by atoms with Gasteiger partial charge in [0.05, 0.1) is 22.7 Å². The summed E-state index contributed by atoms with van der Waals surface area (Å²) in [7, 11) is 2.56. The molecule has 1 aromatic carbocycles. The summed E-state index contributed by atoms with van der Waals surface area (Å²) in [6, 6.07) is 3.20. The number of methoxy groups -OCH3 is 2. The number of thioether (sulfide) groups is 1. The number of nitrogens with zero attached hydrogens (tertiary/aromatic N) is 1. The van der Waals surface area contributed by atoms with E-state index < -0.39 is 36.2 Å². The molecule has 0 atom stereocenters. The number of hydrogen-bond acceptors (Lipinski definition) is 8. The van der Waals surface area contributed by atoms with Gasteiger partial charge in [-0.05, 0) is 58.1 Å². The number of ether oxygens (including phenoxy) is 3. The predicted molar refractivity (Wildman–Crippen MR) is 104 cm³/mol. The number of benzene rings is 1. The predicted octanol–water partition coefficient (Wildman–Crippen LogP) is 1.97. The van der Waals surface area contributed by atoms with Crippen molar-refractivity contribution < 1.29 is 38.5 Å². The Hall–Kier alpha value is -2.28. The molecule has 2 rings (SSSR count). The van der Waals surface area contributed by atoms with Crippen LogP contribution in [0.1, 0.15) is 5.56 Å². The van der Waals surface area contributed by atoms with E-state index in [9.17, 15) is 19.2 Å². The highest BCUT2D eigenvalue weighted by molar-refractivity contribution is 14.1. The first kappa shape index (κ1) is 21.0. The van der Waals surface area contributed by atoms with Crippen molar-refractivity contribution in [3.8, 4) is 11.5 Å². The van der Waals surface area contributed by atoms with Gasteiger partial charge in [0.15, 0.2) is 18.1 Å². The number of hydrogen-bond donors (Lipinski definition) is 1. The third-order valence-corrected chi connectivity index (χ3v) is 4.99. The molecule has 1 aliphatic rings.